The molecule has 1 aromatic carbocycles. The predicted molar refractivity (Wildman–Crippen MR) is 91.6 cm³/mol. The molecule has 5 heteroatoms. The summed E-state index contributed by atoms with van der Waals surface area (Å²) in [5, 5.41) is 5.48. The van der Waals surface area contributed by atoms with E-state index in [4.69, 9.17) is 16.7 Å². The molecule has 1 aliphatic heterocycles. The molecule has 1 aliphatic rings. The van der Waals surface area contributed by atoms with Crippen LogP contribution in [0.5, 0.6) is 0 Å². The number of hydrogen-bond donors (Lipinski definition) is 0. The molecule has 3 rings (SSSR count). The molecule has 1 aromatic heterocycles. The number of aromatic nitrogens is 2. The first kappa shape index (κ1) is 13.9. The number of rotatable bonds is 2. The molecule has 0 saturated heterocycles. The lowest BCUT2D eigenvalue weighted by atomic mass is 10.3. The highest BCUT2D eigenvalue weighted by Crippen LogP contribution is 2.30. The van der Waals surface area contributed by atoms with Gasteiger partial charge in [-0.2, -0.15) is 0 Å². The van der Waals surface area contributed by atoms with Gasteiger partial charge in [-0.25, -0.2) is 4.68 Å². The van der Waals surface area contributed by atoms with Crippen LogP contribution < -0.4 is 4.90 Å². The van der Waals surface area contributed by atoms with Gasteiger partial charge in [-0.3, -0.25) is 0 Å². The second kappa shape index (κ2) is 5.41. The smallest absolute Gasteiger partial charge is 0.156 e. The molecule has 0 aliphatic carbocycles. The van der Waals surface area contributed by atoms with Crippen LogP contribution >= 0.6 is 34.2 Å². The lowest BCUT2D eigenvalue weighted by Gasteiger charge is -2.23. The number of halogens is 2. The first-order valence-corrected chi connectivity index (χ1v) is 7.99. The molecule has 0 N–H and O–H groups in total. The van der Waals surface area contributed by atoms with E-state index in [-0.39, 0.29) is 0 Å². The van der Waals surface area contributed by atoms with Gasteiger partial charge in [-0.1, -0.05) is 17.7 Å². The maximum Gasteiger partial charge on any atom is 0.156 e. The minimum absolute atomic E-state index is 0.472. The van der Waals surface area contributed by atoms with E-state index in [9.17, 15) is 0 Å². The van der Waals surface area contributed by atoms with Gasteiger partial charge in [0.1, 0.15) is 3.70 Å². The lowest BCUT2D eigenvalue weighted by molar-refractivity contribution is 0.725. The Morgan fingerprint density at radius 3 is 2.60 bits per heavy atom. The Morgan fingerprint density at radius 2 is 2.00 bits per heavy atom. The second-order valence-electron chi connectivity index (χ2n) is 5.01. The Bertz CT molecular complexity index is 660. The Morgan fingerprint density at radius 1 is 1.30 bits per heavy atom. The number of benzene rings is 1. The van der Waals surface area contributed by atoms with Crippen molar-refractivity contribution in [3.63, 3.8) is 0 Å². The highest BCUT2D eigenvalue weighted by Gasteiger charge is 2.24. The van der Waals surface area contributed by atoms with Crippen LogP contribution in [-0.4, -0.2) is 15.8 Å². The van der Waals surface area contributed by atoms with Crippen molar-refractivity contribution in [3.05, 3.63) is 50.8 Å². The van der Waals surface area contributed by atoms with Crippen molar-refractivity contribution in [2.45, 2.75) is 26.3 Å². The van der Waals surface area contributed by atoms with Gasteiger partial charge in [-0.05, 0) is 67.1 Å². The van der Waals surface area contributed by atoms with Crippen molar-refractivity contribution in [2.24, 2.45) is 0 Å². The Hall–Kier alpha value is -1.01. The first-order chi connectivity index (χ1) is 9.56. The Balaban J connectivity index is 1.99. The van der Waals surface area contributed by atoms with Gasteiger partial charge < -0.3 is 4.90 Å². The Kier molecular flexibility index (Phi) is 3.77. The Labute approximate surface area is 137 Å². The SMILES string of the molecule is CC1=CCC(C)N1c1cc(I)n(-c2ccc(Cl)cc2)n1. The van der Waals surface area contributed by atoms with Crippen LogP contribution in [0, 0.1) is 3.70 Å². The predicted octanol–water partition coefficient (Wildman–Crippen LogP) is 4.63. The largest absolute Gasteiger partial charge is 0.326 e. The van der Waals surface area contributed by atoms with Crippen molar-refractivity contribution in [2.75, 3.05) is 4.90 Å². The molecule has 0 bridgehead atoms. The number of nitrogens with zero attached hydrogens (tertiary/aromatic N) is 3. The molecule has 0 spiro atoms. The molecule has 0 fully saturated rings. The van der Waals surface area contributed by atoms with E-state index < -0.39 is 0 Å². The van der Waals surface area contributed by atoms with Crippen molar-refractivity contribution in [1.82, 2.24) is 9.78 Å². The fourth-order valence-corrected chi connectivity index (χ4v) is 3.32. The highest BCUT2D eigenvalue weighted by molar-refractivity contribution is 14.1. The van der Waals surface area contributed by atoms with E-state index in [1.807, 2.05) is 28.9 Å². The van der Waals surface area contributed by atoms with Crippen molar-refractivity contribution < 1.29 is 0 Å². The molecule has 20 heavy (non-hydrogen) atoms. The van der Waals surface area contributed by atoms with Crippen molar-refractivity contribution in [1.29, 1.82) is 0 Å². The summed E-state index contributed by atoms with van der Waals surface area (Å²) in [5.74, 6) is 1.00. The highest BCUT2D eigenvalue weighted by atomic mass is 127. The topological polar surface area (TPSA) is 21.1 Å². The second-order valence-corrected chi connectivity index (χ2v) is 6.56. The third-order valence-corrected chi connectivity index (χ3v) is 4.57. The van der Waals surface area contributed by atoms with Crippen molar-refractivity contribution >= 4 is 40.0 Å². The maximum absolute atomic E-state index is 5.94. The van der Waals surface area contributed by atoms with Crippen molar-refractivity contribution in [3.8, 4) is 5.69 Å². The van der Waals surface area contributed by atoms with E-state index in [0.29, 0.717) is 6.04 Å². The van der Waals surface area contributed by atoms with Gasteiger partial charge in [-0.15, -0.1) is 5.10 Å². The fourth-order valence-electron chi connectivity index (χ4n) is 2.53. The third-order valence-electron chi connectivity index (χ3n) is 3.55. The zero-order chi connectivity index (χ0) is 14.3. The van der Waals surface area contributed by atoms with Crippen LogP contribution in [0.2, 0.25) is 5.02 Å². The molecule has 2 heterocycles. The van der Waals surface area contributed by atoms with Crippen LogP contribution in [0.3, 0.4) is 0 Å². The first-order valence-electron chi connectivity index (χ1n) is 6.54. The van der Waals surface area contributed by atoms with Gasteiger partial charge in [0.25, 0.3) is 0 Å². The molecule has 0 radical (unpaired) electrons. The fraction of sp³-hybridized carbons (Fsp3) is 0.267. The molecule has 1 atom stereocenters. The van der Waals surface area contributed by atoms with Crippen LogP contribution in [0.1, 0.15) is 20.3 Å². The van der Waals surface area contributed by atoms with Crippen LogP contribution in [0.25, 0.3) is 5.69 Å². The lowest BCUT2D eigenvalue weighted by Crippen LogP contribution is -2.26. The minimum atomic E-state index is 0.472. The third kappa shape index (κ3) is 2.46. The molecule has 2 aromatic rings. The average Bonchev–Trinajstić information content (AvgIpc) is 2.94. The summed E-state index contributed by atoms with van der Waals surface area (Å²) < 4.78 is 3.04. The molecule has 1 unspecified atom stereocenters. The zero-order valence-electron chi connectivity index (χ0n) is 11.3. The quantitative estimate of drug-likeness (QED) is 0.686. The van der Waals surface area contributed by atoms with E-state index in [2.05, 4.69) is 53.5 Å². The summed E-state index contributed by atoms with van der Waals surface area (Å²) >= 11 is 8.25. The normalized spacial score (nSPS) is 18.5. The summed E-state index contributed by atoms with van der Waals surface area (Å²) in [4.78, 5) is 2.29. The van der Waals surface area contributed by atoms with E-state index in [1.54, 1.807) is 0 Å². The molecular formula is C15H15ClIN3. The minimum Gasteiger partial charge on any atom is -0.326 e. The standard InChI is InChI=1S/C15H15ClIN3/c1-10-3-4-11(2)19(10)15-9-14(17)20(18-15)13-7-5-12(16)6-8-13/h3,5-9,11H,4H2,1-2H3. The molecule has 0 amide bonds. The van der Waals surface area contributed by atoms with E-state index >= 15 is 0 Å². The van der Waals surface area contributed by atoms with Crippen LogP contribution in [-0.2, 0) is 0 Å². The number of anilines is 1. The number of hydrogen-bond acceptors (Lipinski definition) is 2. The molecule has 0 saturated carbocycles. The monoisotopic (exact) mass is 399 g/mol. The summed E-state index contributed by atoms with van der Waals surface area (Å²) in [6, 6.07) is 10.3. The van der Waals surface area contributed by atoms with E-state index in [1.165, 1.54) is 5.70 Å². The van der Waals surface area contributed by atoms with Gasteiger partial charge in [0.2, 0.25) is 0 Å². The molecule has 104 valence electrons. The zero-order valence-corrected chi connectivity index (χ0v) is 14.3. The summed E-state index contributed by atoms with van der Waals surface area (Å²) in [6.45, 7) is 4.36. The average molecular weight is 400 g/mol. The van der Waals surface area contributed by atoms with Crippen LogP contribution in [0.15, 0.2) is 42.1 Å². The van der Waals surface area contributed by atoms with Gasteiger partial charge in [0, 0.05) is 22.8 Å². The summed E-state index contributed by atoms with van der Waals surface area (Å²) in [7, 11) is 0. The number of allylic oxidation sites excluding steroid dienone is 1. The van der Waals surface area contributed by atoms with Gasteiger partial charge in [0.05, 0.1) is 5.69 Å². The van der Waals surface area contributed by atoms with Gasteiger partial charge in [0.15, 0.2) is 5.82 Å². The summed E-state index contributed by atoms with van der Waals surface area (Å²) in [5.41, 5.74) is 2.30. The molecular weight excluding hydrogens is 385 g/mol. The molecule has 3 nitrogen and oxygen atoms in total. The summed E-state index contributed by atoms with van der Waals surface area (Å²) in [6.07, 6.45) is 3.34. The maximum atomic E-state index is 5.94. The van der Waals surface area contributed by atoms with E-state index in [0.717, 1.165) is 26.6 Å². The van der Waals surface area contributed by atoms with Crippen LogP contribution in [0.4, 0.5) is 5.82 Å². The van der Waals surface area contributed by atoms with Gasteiger partial charge >= 0.3 is 0 Å².